The first-order valence-corrected chi connectivity index (χ1v) is 4.76. The number of ether oxygens (including phenoxy) is 1. The second-order valence-electron chi connectivity index (χ2n) is 2.17. The molecule has 0 aromatic carbocycles. The Morgan fingerprint density at radius 3 is 2.82 bits per heavy atom. The van der Waals surface area contributed by atoms with Crippen molar-refractivity contribution in [1.82, 2.24) is 0 Å². The van der Waals surface area contributed by atoms with Gasteiger partial charge in [0.1, 0.15) is 0 Å². The van der Waals surface area contributed by atoms with Crippen LogP contribution in [0.4, 0.5) is 0 Å². The highest BCUT2D eigenvalue weighted by Crippen LogP contribution is 2.08. The third kappa shape index (κ3) is 7.63. The Morgan fingerprint density at radius 2 is 2.36 bits per heavy atom. The molecule has 2 nitrogen and oxygen atoms in total. The van der Waals surface area contributed by atoms with Gasteiger partial charge >= 0.3 is 0 Å². The normalized spacial score (nSPS) is 9.27. The van der Waals surface area contributed by atoms with E-state index in [1.807, 2.05) is 19.9 Å². The van der Waals surface area contributed by atoms with Crippen molar-refractivity contribution < 1.29 is 4.74 Å². The average molecular weight is 189 g/mol. The van der Waals surface area contributed by atoms with Crippen LogP contribution in [0.3, 0.4) is 0 Å². The van der Waals surface area contributed by atoms with Crippen LogP contribution in [0.25, 0.3) is 0 Å². The average Bonchev–Trinajstić information content (AvgIpc) is 1.86. The number of thioether (sulfide) groups is 1. The van der Waals surface area contributed by atoms with Gasteiger partial charge in [-0.15, -0.1) is 0 Å². The minimum absolute atomic E-state index is 0.136. The summed E-state index contributed by atoms with van der Waals surface area (Å²) in [5.74, 6) is 0.724. The van der Waals surface area contributed by atoms with Crippen LogP contribution in [0.2, 0.25) is 0 Å². The molecule has 0 bridgehead atoms. The van der Waals surface area contributed by atoms with Gasteiger partial charge in [-0.05, 0) is 26.1 Å². The van der Waals surface area contributed by atoms with Gasteiger partial charge in [-0.3, -0.25) is 0 Å². The van der Waals surface area contributed by atoms with Gasteiger partial charge in [0.2, 0.25) is 4.38 Å². The highest BCUT2D eigenvalue weighted by molar-refractivity contribution is 8.22. The van der Waals surface area contributed by atoms with Crippen LogP contribution >= 0.6 is 24.0 Å². The molecule has 0 heterocycles. The molecule has 0 saturated carbocycles. The first kappa shape index (κ1) is 10.7. The number of rotatable bonds is 3. The van der Waals surface area contributed by atoms with Gasteiger partial charge in [-0.25, -0.2) is 0 Å². The summed E-state index contributed by atoms with van der Waals surface area (Å²) < 4.78 is 5.72. The summed E-state index contributed by atoms with van der Waals surface area (Å²) in [7, 11) is 0. The number of hydrogen-bond donors (Lipinski definition) is 0. The Balaban J connectivity index is 3.32. The van der Waals surface area contributed by atoms with Crippen molar-refractivity contribution in [2.45, 2.75) is 26.4 Å². The summed E-state index contributed by atoms with van der Waals surface area (Å²) >= 11 is 6.29. The van der Waals surface area contributed by atoms with Gasteiger partial charge < -0.3 is 4.74 Å². The Kier molecular flexibility index (Phi) is 6.28. The van der Waals surface area contributed by atoms with E-state index in [-0.39, 0.29) is 6.10 Å². The second kappa shape index (κ2) is 6.44. The van der Waals surface area contributed by atoms with E-state index in [1.165, 1.54) is 11.8 Å². The standard InChI is InChI=1S/C7H11NOS2/c1-6(2)9-7(10)11-5-3-4-8/h6H,3,5H2,1-2H3. The predicted molar refractivity (Wildman–Crippen MR) is 51.5 cm³/mol. The van der Waals surface area contributed by atoms with Crippen molar-refractivity contribution in [2.75, 3.05) is 5.75 Å². The van der Waals surface area contributed by atoms with Crippen molar-refractivity contribution in [3.8, 4) is 6.07 Å². The number of nitrogens with zero attached hydrogens (tertiary/aromatic N) is 1. The lowest BCUT2D eigenvalue weighted by Gasteiger charge is -2.08. The molecule has 0 N–H and O–H groups in total. The van der Waals surface area contributed by atoms with Crippen molar-refractivity contribution >= 4 is 28.4 Å². The molecule has 0 saturated heterocycles. The molecule has 11 heavy (non-hydrogen) atoms. The first-order valence-electron chi connectivity index (χ1n) is 3.37. The van der Waals surface area contributed by atoms with Crippen molar-refractivity contribution in [3.05, 3.63) is 0 Å². The Morgan fingerprint density at radius 1 is 1.73 bits per heavy atom. The zero-order valence-electron chi connectivity index (χ0n) is 6.66. The molecular weight excluding hydrogens is 178 g/mol. The Labute approximate surface area is 76.9 Å². The van der Waals surface area contributed by atoms with Crippen LogP contribution in [0.15, 0.2) is 0 Å². The van der Waals surface area contributed by atoms with Gasteiger partial charge in [0, 0.05) is 12.2 Å². The lowest BCUT2D eigenvalue weighted by molar-refractivity contribution is 0.243. The van der Waals surface area contributed by atoms with Crippen LogP contribution in [-0.4, -0.2) is 16.2 Å². The third-order valence-electron chi connectivity index (χ3n) is 0.766. The van der Waals surface area contributed by atoms with E-state index in [1.54, 1.807) is 0 Å². The molecular formula is C7H11NOS2. The van der Waals surface area contributed by atoms with Crippen molar-refractivity contribution in [1.29, 1.82) is 5.26 Å². The minimum atomic E-state index is 0.136. The molecule has 0 amide bonds. The van der Waals surface area contributed by atoms with E-state index < -0.39 is 0 Å². The van der Waals surface area contributed by atoms with Gasteiger partial charge in [0.05, 0.1) is 12.2 Å². The van der Waals surface area contributed by atoms with E-state index in [9.17, 15) is 0 Å². The minimum Gasteiger partial charge on any atom is -0.476 e. The summed E-state index contributed by atoms with van der Waals surface area (Å²) in [6.07, 6.45) is 0.656. The van der Waals surface area contributed by atoms with Crippen LogP contribution in [0, 0.1) is 11.3 Å². The van der Waals surface area contributed by atoms with Crippen LogP contribution in [0.1, 0.15) is 20.3 Å². The predicted octanol–water partition coefficient (Wildman–Crippen LogP) is 2.34. The topological polar surface area (TPSA) is 33.0 Å². The quantitative estimate of drug-likeness (QED) is 0.504. The van der Waals surface area contributed by atoms with Gasteiger partial charge in [0.15, 0.2) is 0 Å². The molecule has 0 atom stereocenters. The lowest BCUT2D eigenvalue weighted by atomic mass is 10.5. The van der Waals surface area contributed by atoms with E-state index in [0.717, 1.165) is 5.75 Å². The van der Waals surface area contributed by atoms with Gasteiger partial charge in [-0.1, -0.05) is 11.8 Å². The van der Waals surface area contributed by atoms with Crippen LogP contribution in [-0.2, 0) is 4.74 Å². The van der Waals surface area contributed by atoms with Crippen LogP contribution < -0.4 is 0 Å². The fraction of sp³-hybridized carbons (Fsp3) is 0.714. The highest BCUT2D eigenvalue weighted by atomic mass is 32.2. The molecule has 0 aromatic heterocycles. The van der Waals surface area contributed by atoms with Gasteiger partial charge in [-0.2, -0.15) is 5.26 Å². The van der Waals surface area contributed by atoms with Crippen molar-refractivity contribution in [2.24, 2.45) is 0 Å². The fourth-order valence-electron chi connectivity index (χ4n) is 0.406. The van der Waals surface area contributed by atoms with E-state index in [4.69, 9.17) is 22.2 Å². The second-order valence-corrected chi connectivity index (χ2v) is 3.87. The maximum Gasteiger partial charge on any atom is 0.220 e. The molecule has 0 aliphatic rings. The molecule has 4 heteroatoms. The van der Waals surface area contributed by atoms with Gasteiger partial charge in [0.25, 0.3) is 0 Å². The number of nitriles is 1. The molecule has 0 radical (unpaired) electrons. The van der Waals surface area contributed by atoms with Crippen molar-refractivity contribution in [3.63, 3.8) is 0 Å². The van der Waals surface area contributed by atoms with E-state index in [0.29, 0.717) is 10.8 Å². The molecule has 0 aromatic rings. The third-order valence-corrected chi connectivity index (χ3v) is 1.96. The molecule has 0 spiro atoms. The number of thiocarbonyl (C=S) groups is 1. The van der Waals surface area contributed by atoms with Crippen LogP contribution in [0.5, 0.6) is 0 Å². The lowest BCUT2D eigenvalue weighted by Crippen LogP contribution is -2.06. The number of hydrogen-bond acceptors (Lipinski definition) is 4. The summed E-state index contributed by atoms with van der Waals surface area (Å²) in [4.78, 5) is 0. The molecule has 0 aliphatic heterocycles. The summed E-state index contributed by atoms with van der Waals surface area (Å²) in [6.45, 7) is 3.86. The maximum atomic E-state index is 8.21. The largest absolute Gasteiger partial charge is 0.476 e. The summed E-state index contributed by atoms with van der Waals surface area (Å²) in [5.41, 5.74) is 0. The maximum absolute atomic E-state index is 8.21. The molecule has 62 valence electrons. The molecule has 0 rings (SSSR count). The zero-order chi connectivity index (χ0) is 8.69. The Bertz CT molecular complexity index is 162. The fourth-order valence-corrected chi connectivity index (χ4v) is 1.47. The van der Waals surface area contributed by atoms with E-state index in [2.05, 4.69) is 0 Å². The summed E-state index contributed by atoms with van der Waals surface area (Å²) in [6, 6.07) is 2.04. The monoisotopic (exact) mass is 189 g/mol. The first-order chi connectivity index (χ1) is 5.16. The highest BCUT2D eigenvalue weighted by Gasteiger charge is 2.00. The molecule has 0 fully saturated rings. The SMILES string of the molecule is CC(C)OC(=S)SCCC#N. The Hall–Kier alpha value is -0.270. The smallest absolute Gasteiger partial charge is 0.220 e. The zero-order valence-corrected chi connectivity index (χ0v) is 8.30. The summed E-state index contributed by atoms with van der Waals surface area (Å²) in [5, 5.41) is 8.21. The van der Waals surface area contributed by atoms with E-state index >= 15 is 0 Å². The molecule has 0 unspecified atom stereocenters. The molecule has 0 aliphatic carbocycles.